The van der Waals surface area contributed by atoms with Crippen LogP contribution in [0.4, 0.5) is 5.69 Å². The minimum Gasteiger partial charge on any atom is -0.364 e. The number of amides is 2. The number of rotatable bonds is 6. The topological polar surface area (TPSA) is 93.5 Å². The fourth-order valence-corrected chi connectivity index (χ4v) is 2.37. The quantitative estimate of drug-likeness (QED) is 0.734. The Morgan fingerprint density at radius 1 is 1.35 bits per heavy atom. The lowest BCUT2D eigenvalue weighted by Gasteiger charge is -2.13. The summed E-state index contributed by atoms with van der Waals surface area (Å²) in [5, 5.41) is 5.60. The van der Waals surface area contributed by atoms with Crippen LogP contribution in [0.25, 0.3) is 0 Å². The Balaban J connectivity index is 0.00000264. The van der Waals surface area contributed by atoms with Gasteiger partial charge in [-0.15, -0.1) is 12.4 Å². The summed E-state index contributed by atoms with van der Waals surface area (Å²) >= 11 is 0. The minimum absolute atomic E-state index is 0. The molecule has 0 aromatic heterocycles. The van der Waals surface area contributed by atoms with E-state index in [-0.39, 0.29) is 30.3 Å². The summed E-state index contributed by atoms with van der Waals surface area (Å²) in [5.74, 6) is -0.333. The van der Waals surface area contributed by atoms with Gasteiger partial charge in [-0.3, -0.25) is 9.59 Å². The van der Waals surface area contributed by atoms with Gasteiger partial charge in [0.05, 0.1) is 6.10 Å². The number of nitrogens with two attached hydrogens (primary N) is 1. The van der Waals surface area contributed by atoms with Crippen LogP contribution in [0, 0.1) is 0 Å². The Hall–Kier alpha value is -1.63. The number of carbonyl (C=O) groups excluding carboxylic acids is 2. The first-order valence-corrected chi connectivity index (χ1v) is 7.68. The van der Waals surface area contributed by atoms with Gasteiger partial charge in [-0.05, 0) is 37.5 Å². The molecule has 0 saturated carbocycles. The van der Waals surface area contributed by atoms with Crippen LogP contribution < -0.4 is 16.4 Å². The van der Waals surface area contributed by atoms with E-state index in [4.69, 9.17) is 10.5 Å². The molecular formula is C16H24ClN3O3. The zero-order chi connectivity index (χ0) is 15.9. The normalized spacial score (nSPS) is 19.7. The van der Waals surface area contributed by atoms with Gasteiger partial charge in [0.25, 0.3) is 11.8 Å². The maximum atomic E-state index is 12.2. The predicted octanol–water partition coefficient (Wildman–Crippen LogP) is 1.69. The van der Waals surface area contributed by atoms with Gasteiger partial charge in [0, 0.05) is 24.3 Å². The summed E-state index contributed by atoms with van der Waals surface area (Å²) in [6.07, 6.45) is 1.84. The molecule has 1 saturated heterocycles. The molecule has 0 aliphatic carbocycles. The van der Waals surface area contributed by atoms with Crippen molar-refractivity contribution < 1.29 is 14.3 Å². The molecule has 2 rings (SSSR count). The molecule has 0 radical (unpaired) electrons. The molecule has 1 aliphatic rings. The van der Waals surface area contributed by atoms with Gasteiger partial charge in [0.15, 0.2) is 0 Å². The second-order valence-corrected chi connectivity index (χ2v) is 5.39. The number of hydrogen-bond acceptors (Lipinski definition) is 4. The fraction of sp³-hybridized carbons (Fsp3) is 0.500. The Morgan fingerprint density at radius 2 is 2.13 bits per heavy atom. The van der Waals surface area contributed by atoms with Gasteiger partial charge in [-0.2, -0.15) is 0 Å². The van der Waals surface area contributed by atoms with Gasteiger partial charge >= 0.3 is 0 Å². The highest BCUT2D eigenvalue weighted by atomic mass is 35.5. The lowest BCUT2D eigenvalue weighted by atomic mass is 10.1. The predicted molar refractivity (Wildman–Crippen MR) is 91.9 cm³/mol. The van der Waals surface area contributed by atoms with Crippen LogP contribution in [-0.4, -0.2) is 37.1 Å². The molecule has 2 amide bonds. The number of benzene rings is 1. The summed E-state index contributed by atoms with van der Waals surface area (Å²) in [5.41, 5.74) is 6.66. The maximum Gasteiger partial charge on any atom is 0.253 e. The van der Waals surface area contributed by atoms with Crippen LogP contribution in [0.3, 0.4) is 0 Å². The van der Waals surface area contributed by atoms with Crippen LogP contribution in [0.1, 0.15) is 36.5 Å². The number of nitrogens with one attached hydrogen (secondary N) is 2. The van der Waals surface area contributed by atoms with E-state index in [9.17, 15) is 9.59 Å². The van der Waals surface area contributed by atoms with Crippen molar-refractivity contribution in [3.63, 3.8) is 0 Å². The van der Waals surface area contributed by atoms with Crippen molar-refractivity contribution in [2.24, 2.45) is 5.73 Å². The molecule has 0 unspecified atom stereocenters. The summed E-state index contributed by atoms with van der Waals surface area (Å²) < 4.78 is 5.56. The average molecular weight is 342 g/mol. The van der Waals surface area contributed by atoms with E-state index in [0.717, 1.165) is 12.8 Å². The van der Waals surface area contributed by atoms with E-state index in [1.165, 1.54) is 0 Å². The molecule has 0 spiro atoms. The van der Waals surface area contributed by atoms with Gasteiger partial charge in [0.2, 0.25) is 0 Å². The molecule has 1 aromatic rings. The average Bonchev–Trinajstić information content (AvgIpc) is 3.02. The van der Waals surface area contributed by atoms with E-state index in [1.807, 2.05) is 6.92 Å². The second kappa shape index (κ2) is 9.50. The standard InChI is InChI=1S/C16H23N3O3.ClH/c1-2-8-18-15(20)11-4-3-5-12(9-11)19-16(21)14-7-6-13(10-17)22-14;/h3-5,9,13-14H,2,6-8,10,17H2,1H3,(H,18,20)(H,19,21);1H/t13-,14+;/m1./s1. The molecule has 2 atom stereocenters. The van der Waals surface area contributed by atoms with Crippen LogP contribution >= 0.6 is 12.4 Å². The first kappa shape index (κ1) is 19.4. The first-order chi connectivity index (χ1) is 10.6. The molecule has 1 heterocycles. The van der Waals surface area contributed by atoms with Crippen LogP contribution in [-0.2, 0) is 9.53 Å². The molecule has 6 nitrogen and oxygen atoms in total. The third kappa shape index (κ3) is 5.49. The summed E-state index contributed by atoms with van der Waals surface area (Å²) in [6, 6.07) is 6.88. The molecule has 1 fully saturated rings. The monoisotopic (exact) mass is 341 g/mol. The molecule has 23 heavy (non-hydrogen) atoms. The Morgan fingerprint density at radius 3 is 2.78 bits per heavy atom. The van der Waals surface area contributed by atoms with Crippen molar-refractivity contribution >= 4 is 29.9 Å². The molecule has 0 bridgehead atoms. The van der Waals surface area contributed by atoms with Gasteiger partial charge in [-0.25, -0.2) is 0 Å². The molecule has 7 heteroatoms. The largest absolute Gasteiger partial charge is 0.364 e. The van der Waals surface area contributed by atoms with Gasteiger partial charge in [0.1, 0.15) is 6.10 Å². The van der Waals surface area contributed by atoms with E-state index < -0.39 is 6.10 Å². The lowest BCUT2D eigenvalue weighted by Crippen LogP contribution is -2.30. The third-order valence-electron chi connectivity index (χ3n) is 3.59. The van der Waals surface area contributed by atoms with Crippen molar-refractivity contribution in [1.29, 1.82) is 0 Å². The molecule has 1 aliphatic heterocycles. The van der Waals surface area contributed by atoms with Crippen molar-refractivity contribution in [3.8, 4) is 0 Å². The summed E-state index contributed by atoms with van der Waals surface area (Å²) in [6.45, 7) is 3.05. The Bertz CT molecular complexity index is 539. The van der Waals surface area contributed by atoms with Gasteiger partial charge < -0.3 is 21.1 Å². The highest BCUT2D eigenvalue weighted by Crippen LogP contribution is 2.20. The molecule has 4 N–H and O–H groups in total. The van der Waals surface area contributed by atoms with Crippen molar-refractivity contribution in [2.75, 3.05) is 18.4 Å². The lowest BCUT2D eigenvalue weighted by molar-refractivity contribution is -0.126. The highest BCUT2D eigenvalue weighted by Gasteiger charge is 2.29. The molecular weight excluding hydrogens is 318 g/mol. The number of anilines is 1. The van der Waals surface area contributed by atoms with Crippen molar-refractivity contribution in [2.45, 2.75) is 38.4 Å². The number of carbonyl (C=O) groups is 2. The molecule has 128 valence electrons. The summed E-state index contributed by atoms with van der Waals surface area (Å²) in [7, 11) is 0. The van der Waals surface area contributed by atoms with E-state index in [1.54, 1.807) is 24.3 Å². The van der Waals surface area contributed by atoms with Crippen LogP contribution in [0.2, 0.25) is 0 Å². The maximum absolute atomic E-state index is 12.2. The van der Waals surface area contributed by atoms with Crippen LogP contribution in [0.5, 0.6) is 0 Å². The number of ether oxygens (including phenoxy) is 1. The van der Waals surface area contributed by atoms with E-state index in [2.05, 4.69) is 10.6 Å². The Kier molecular flexibility index (Phi) is 8.02. The SMILES string of the molecule is CCCNC(=O)c1cccc(NC(=O)[C@@H]2CC[C@H](CN)O2)c1.Cl. The van der Waals surface area contributed by atoms with Crippen molar-refractivity contribution in [3.05, 3.63) is 29.8 Å². The minimum atomic E-state index is -0.467. The third-order valence-corrected chi connectivity index (χ3v) is 3.59. The smallest absolute Gasteiger partial charge is 0.253 e. The highest BCUT2D eigenvalue weighted by molar-refractivity contribution is 5.98. The number of hydrogen-bond donors (Lipinski definition) is 3. The number of halogens is 1. The summed E-state index contributed by atoms with van der Waals surface area (Å²) in [4.78, 5) is 24.1. The van der Waals surface area contributed by atoms with Crippen LogP contribution in [0.15, 0.2) is 24.3 Å². The fourth-order valence-electron chi connectivity index (χ4n) is 2.37. The molecule has 1 aromatic carbocycles. The van der Waals surface area contributed by atoms with E-state index >= 15 is 0 Å². The van der Waals surface area contributed by atoms with E-state index in [0.29, 0.717) is 30.8 Å². The second-order valence-electron chi connectivity index (χ2n) is 5.39. The zero-order valence-electron chi connectivity index (χ0n) is 13.2. The zero-order valence-corrected chi connectivity index (χ0v) is 14.0. The first-order valence-electron chi connectivity index (χ1n) is 7.68. The van der Waals surface area contributed by atoms with Crippen molar-refractivity contribution in [1.82, 2.24) is 5.32 Å². The Labute approximate surface area is 142 Å². The van der Waals surface area contributed by atoms with Gasteiger partial charge in [-0.1, -0.05) is 13.0 Å².